The van der Waals surface area contributed by atoms with Gasteiger partial charge >= 0.3 is 11.9 Å². The average molecular weight is 259 g/mol. The maximum absolute atomic E-state index is 11.4. The summed E-state index contributed by atoms with van der Waals surface area (Å²) in [5.41, 5.74) is 0.156. The van der Waals surface area contributed by atoms with E-state index in [0.29, 0.717) is 6.42 Å². The fourth-order valence-electron chi connectivity index (χ4n) is 1.35. The van der Waals surface area contributed by atoms with Crippen molar-refractivity contribution in [3.63, 3.8) is 0 Å². The highest BCUT2D eigenvalue weighted by molar-refractivity contribution is 5.90. The van der Waals surface area contributed by atoms with Crippen molar-refractivity contribution >= 4 is 11.9 Å². The summed E-state index contributed by atoms with van der Waals surface area (Å²) in [6, 6.07) is 0. The van der Waals surface area contributed by atoms with Gasteiger partial charge in [0.2, 0.25) is 0 Å². The molecule has 0 saturated heterocycles. The molecule has 0 aromatic rings. The molecule has 0 spiro atoms. The summed E-state index contributed by atoms with van der Waals surface area (Å²) in [6.07, 6.45) is 2.69. The predicted octanol–water partition coefficient (Wildman–Crippen LogP) is 2.05. The van der Waals surface area contributed by atoms with Gasteiger partial charge in [-0.15, -0.1) is 0 Å². The molecular formula is C12H21NO5. The molecule has 0 fully saturated rings. The molecule has 0 rings (SSSR count). The van der Waals surface area contributed by atoms with E-state index in [1.54, 1.807) is 0 Å². The van der Waals surface area contributed by atoms with Crippen LogP contribution in [0.2, 0.25) is 0 Å². The number of amides is 1. The van der Waals surface area contributed by atoms with Crippen molar-refractivity contribution in [3.05, 3.63) is 12.2 Å². The molecule has 6 nitrogen and oxygen atoms in total. The number of hydrogen-bond donors (Lipinski definition) is 2. The molecule has 0 aromatic heterocycles. The topological polar surface area (TPSA) is 87.1 Å². The molecule has 0 aliphatic rings. The van der Waals surface area contributed by atoms with Crippen molar-refractivity contribution in [2.24, 2.45) is 0 Å². The number of ether oxygens (including phenoxy) is 1. The second-order valence-electron chi connectivity index (χ2n) is 4.15. The van der Waals surface area contributed by atoms with E-state index in [1.807, 2.05) is 6.92 Å². The Bertz CT molecular complexity index is 301. The van der Waals surface area contributed by atoms with Crippen molar-refractivity contribution in [2.45, 2.75) is 52.1 Å². The van der Waals surface area contributed by atoms with Gasteiger partial charge in [0.15, 0.2) is 6.10 Å². The molecule has 0 bridgehead atoms. The number of nitrogens with zero attached hydrogens (tertiary/aromatic N) is 1. The average Bonchev–Trinajstić information content (AvgIpc) is 2.31. The summed E-state index contributed by atoms with van der Waals surface area (Å²) in [5.74, 6) is -1.77. The predicted molar refractivity (Wildman–Crippen MR) is 63.9 cm³/mol. The lowest BCUT2D eigenvalue weighted by Crippen LogP contribution is -2.37. The number of unbranched alkanes of at least 4 members (excludes halogenated alkanes) is 3. The van der Waals surface area contributed by atoms with Crippen LogP contribution in [0, 0.1) is 0 Å². The lowest BCUT2D eigenvalue weighted by Gasteiger charge is -2.18. The molecule has 0 aromatic carbocycles. The van der Waals surface area contributed by atoms with Gasteiger partial charge in [0.1, 0.15) is 0 Å². The highest BCUT2D eigenvalue weighted by Crippen LogP contribution is 2.11. The van der Waals surface area contributed by atoms with Crippen LogP contribution in [-0.2, 0) is 14.3 Å². The quantitative estimate of drug-likeness (QED) is 0.229. The standard InChI is InChI=1S/C12H21NO5/c1-4-5-6-7-8-10(11(14)13(16)17)18-12(15)9(2)3/h10,16-17H,2,4-8H2,1,3H3. The van der Waals surface area contributed by atoms with E-state index < -0.39 is 23.2 Å². The first kappa shape index (κ1) is 16.6. The molecule has 0 aliphatic carbocycles. The molecule has 18 heavy (non-hydrogen) atoms. The summed E-state index contributed by atoms with van der Waals surface area (Å²) in [4.78, 5) is 22.7. The molecule has 6 heteroatoms. The Morgan fingerprint density at radius 3 is 2.33 bits per heavy atom. The molecule has 2 N–H and O–H groups in total. The minimum atomic E-state index is -1.18. The van der Waals surface area contributed by atoms with E-state index in [-0.39, 0.29) is 12.0 Å². The minimum absolute atomic E-state index is 0.156. The molecule has 0 aliphatic heterocycles. The molecule has 1 unspecified atom stereocenters. The van der Waals surface area contributed by atoms with Crippen molar-refractivity contribution in [3.8, 4) is 0 Å². The van der Waals surface area contributed by atoms with E-state index in [1.165, 1.54) is 6.92 Å². The van der Waals surface area contributed by atoms with Gasteiger partial charge in [0, 0.05) is 5.57 Å². The van der Waals surface area contributed by atoms with Crippen molar-refractivity contribution in [1.29, 1.82) is 0 Å². The van der Waals surface area contributed by atoms with Crippen LogP contribution >= 0.6 is 0 Å². The maximum Gasteiger partial charge on any atom is 0.333 e. The lowest BCUT2D eigenvalue weighted by molar-refractivity contribution is -0.290. The van der Waals surface area contributed by atoms with Gasteiger partial charge in [-0.05, 0) is 19.8 Å². The Kier molecular flexibility index (Phi) is 7.98. The summed E-state index contributed by atoms with van der Waals surface area (Å²) in [7, 11) is 0. The van der Waals surface area contributed by atoms with Crippen LogP contribution in [0.1, 0.15) is 46.0 Å². The Morgan fingerprint density at radius 2 is 1.89 bits per heavy atom. The second kappa shape index (κ2) is 8.66. The summed E-state index contributed by atoms with van der Waals surface area (Å²) < 4.78 is 4.87. The Morgan fingerprint density at radius 1 is 1.28 bits per heavy atom. The number of carbonyl (C=O) groups excluding carboxylic acids is 2. The lowest BCUT2D eigenvalue weighted by atomic mass is 10.1. The second-order valence-corrected chi connectivity index (χ2v) is 4.15. The van der Waals surface area contributed by atoms with E-state index in [4.69, 9.17) is 15.2 Å². The van der Waals surface area contributed by atoms with E-state index in [0.717, 1.165) is 19.3 Å². The van der Waals surface area contributed by atoms with Crippen molar-refractivity contribution < 1.29 is 24.7 Å². The smallest absolute Gasteiger partial charge is 0.333 e. The van der Waals surface area contributed by atoms with Crippen LogP contribution < -0.4 is 0 Å². The van der Waals surface area contributed by atoms with Crippen molar-refractivity contribution in [2.75, 3.05) is 0 Å². The van der Waals surface area contributed by atoms with Crippen LogP contribution in [0.3, 0.4) is 0 Å². The zero-order valence-electron chi connectivity index (χ0n) is 10.9. The van der Waals surface area contributed by atoms with E-state index >= 15 is 0 Å². The van der Waals surface area contributed by atoms with Crippen LogP contribution in [-0.4, -0.2) is 33.6 Å². The third-order valence-electron chi connectivity index (χ3n) is 2.39. The fraction of sp³-hybridized carbons (Fsp3) is 0.667. The van der Waals surface area contributed by atoms with Crippen LogP contribution in [0.5, 0.6) is 0 Å². The number of rotatable bonds is 8. The van der Waals surface area contributed by atoms with E-state index in [9.17, 15) is 9.59 Å². The first-order valence-corrected chi connectivity index (χ1v) is 5.98. The van der Waals surface area contributed by atoms with Gasteiger partial charge in [0.05, 0.1) is 0 Å². The first-order valence-electron chi connectivity index (χ1n) is 5.98. The summed E-state index contributed by atoms with van der Waals surface area (Å²) >= 11 is 0. The first-order chi connectivity index (χ1) is 8.40. The number of carbonyl (C=O) groups is 2. The van der Waals surface area contributed by atoms with Gasteiger partial charge in [-0.2, -0.15) is 0 Å². The minimum Gasteiger partial charge on any atom is -0.449 e. The molecule has 1 atom stereocenters. The Hall–Kier alpha value is -1.40. The molecule has 0 heterocycles. The van der Waals surface area contributed by atoms with Gasteiger partial charge < -0.3 is 4.74 Å². The monoisotopic (exact) mass is 259 g/mol. The maximum atomic E-state index is 11.4. The summed E-state index contributed by atoms with van der Waals surface area (Å²) in [6.45, 7) is 6.90. The Labute approximate surface area is 107 Å². The molecule has 0 saturated carbocycles. The number of hydroxylamine groups is 2. The zero-order chi connectivity index (χ0) is 14.1. The molecule has 0 radical (unpaired) electrons. The van der Waals surface area contributed by atoms with Crippen LogP contribution in [0.25, 0.3) is 0 Å². The molecular weight excluding hydrogens is 238 g/mol. The van der Waals surface area contributed by atoms with Gasteiger partial charge in [0.25, 0.3) is 0 Å². The third kappa shape index (κ3) is 6.36. The largest absolute Gasteiger partial charge is 0.449 e. The van der Waals surface area contributed by atoms with Crippen LogP contribution in [0.15, 0.2) is 12.2 Å². The highest BCUT2D eigenvalue weighted by Gasteiger charge is 2.26. The number of hydrogen-bond acceptors (Lipinski definition) is 5. The fourth-order valence-corrected chi connectivity index (χ4v) is 1.35. The molecule has 1 amide bonds. The zero-order valence-corrected chi connectivity index (χ0v) is 10.9. The normalized spacial score (nSPS) is 11.8. The summed E-state index contributed by atoms with van der Waals surface area (Å²) in [5, 5.41) is 16.8. The van der Waals surface area contributed by atoms with Crippen molar-refractivity contribution in [1.82, 2.24) is 5.23 Å². The van der Waals surface area contributed by atoms with Gasteiger partial charge in [-0.25, -0.2) is 4.79 Å². The van der Waals surface area contributed by atoms with Crippen LogP contribution in [0.4, 0.5) is 0 Å². The Balaban J connectivity index is 4.38. The molecule has 104 valence electrons. The number of esters is 1. The third-order valence-corrected chi connectivity index (χ3v) is 2.39. The van der Waals surface area contributed by atoms with E-state index in [2.05, 4.69) is 6.58 Å². The highest BCUT2D eigenvalue weighted by atomic mass is 16.8. The SMILES string of the molecule is C=C(C)C(=O)OC(CCCCCC)C(=O)N(O)O. The van der Waals surface area contributed by atoms with Gasteiger partial charge in [-0.3, -0.25) is 15.2 Å². The van der Waals surface area contributed by atoms with Gasteiger partial charge in [-0.1, -0.05) is 38.0 Å².